The highest BCUT2D eigenvalue weighted by Crippen LogP contribution is 2.30. The average Bonchev–Trinajstić information content (AvgIpc) is 3.09. The number of pyridine rings is 1. The van der Waals surface area contributed by atoms with Gasteiger partial charge in [-0.2, -0.15) is 0 Å². The van der Waals surface area contributed by atoms with Crippen LogP contribution in [0.1, 0.15) is 20.8 Å². The van der Waals surface area contributed by atoms with Gasteiger partial charge in [0.1, 0.15) is 18.9 Å². The first-order chi connectivity index (χ1) is 12.2. The molecule has 0 bridgehead atoms. The van der Waals surface area contributed by atoms with Gasteiger partial charge in [-0.1, -0.05) is 6.07 Å². The quantitative estimate of drug-likeness (QED) is 0.536. The SMILES string of the molecule is O=C(COC(=O)c1cn2ccccc2n1)c1ccc2c(c1)OCCO2. The second-order valence-corrected chi connectivity index (χ2v) is 5.45. The molecule has 7 heteroatoms. The Kier molecular flexibility index (Phi) is 3.81. The number of benzene rings is 1. The number of carbonyl (C=O) groups excluding carboxylic acids is 2. The van der Waals surface area contributed by atoms with E-state index >= 15 is 0 Å². The molecule has 0 fully saturated rings. The molecular weight excluding hydrogens is 324 g/mol. The number of hydrogen-bond acceptors (Lipinski definition) is 6. The van der Waals surface area contributed by atoms with E-state index in [1.807, 2.05) is 12.1 Å². The number of ether oxygens (including phenoxy) is 3. The molecule has 1 aromatic carbocycles. The van der Waals surface area contributed by atoms with E-state index < -0.39 is 5.97 Å². The Balaban J connectivity index is 1.43. The maximum atomic E-state index is 12.2. The van der Waals surface area contributed by atoms with E-state index in [0.29, 0.717) is 35.9 Å². The van der Waals surface area contributed by atoms with Crippen molar-refractivity contribution in [1.29, 1.82) is 0 Å². The molecule has 126 valence electrons. The molecule has 1 aliphatic heterocycles. The summed E-state index contributed by atoms with van der Waals surface area (Å²) in [6.45, 7) is 0.552. The lowest BCUT2D eigenvalue weighted by Crippen LogP contribution is -2.17. The van der Waals surface area contributed by atoms with E-state index in [0.717, 1.165) is 0 Å². The van der Waals surface area contributed by atoms with Gasteiger partial charge in [-0.15, -0.1) is 0 Å². The van der Waals surface area contributed by atoms with Gasteiger partial charge in [0.2, 0.25) is 0 Å². The van der Waals surface area contributed by atoms with Gasteiger partial charge in [-0.05, 0) is 30.3 Å². The zero-order valence-electron chi connectivity index (χ0n) is 13.2. The van der Waals surface area contributed by atoms with Gasteiger partial charge in [0.15, 0.2) is 29.6 Å². The molecular formula is C18H14N2O5. The first kappa shape index (κ1) is 15.2. The van der Waals surface area contributed by atoms with Crippen molar-refractivity contribution >= 4 is 17.4 Å². The predicted octanol–water partition coefficient (Wildman–Crippen LogP) is 2.15. The van der Waals surface area contributed by atoms with E-state index in [9.17, 15) is 9.59 Å². The van der Waals surface area contributed by atoms with E-state index in [2.05, 4.69) is 4.98 Å². The van der Waals surface area contributed by atoms with Crippen LogP contribution in [0.15, 0.2) is 48.8 Å². The van der Waals surface area contributed by atoms with Gasteiger partial charge in [-0.3, -0.25) is 4.79 Å². The summed E-state index contributed by atoms with van der Waals surface area (Å²) in [6, 6.07) is 10.3. The molecule has 2 aromatic heterocycles. The number of rotatable bonds is 4. The molecule has 0 atom stereocenters. The molecule has 0 saturated heterocycles. The van der Waals surface area contributed by atoms with Crippen molar-refractivity contribution in [2.24, 2.45) is 0 Å². The van der Waals surface area contributed by atoms with Crippen molar-refractivity contribution in [3.63, 3.8) is 0 Å². The molecule has 0 spiro atoms. The third-order valence-corrected chi connectivity index (χ3v) is 3.77. The summed E-state index contributed by atoms with van der Waals surface area (Å²) in [5, 5.41) is 0. The first-order valence-electron chi connectivity index (χ1n) is 7.74. The molecule has 0 aliphatic carbocycles. The van der Waals surface area contributed by atoms with E-state index in [1.165, 1.54) is 0 Å². The zero-order valence-corrected chi connectivity index (χ0v) is 13.2. The lowest BCUT2D eigenvalue weighted by Gasteiger charge is -2.18. The Hall–Kier alpha value is -3.35. The zero-order chi connectivity index (χ0) is 17.2. The summed E-state index contributed by atoms with van der Waals surface area (Å²) in [6.07, 6.45) is 3.34. The van der Waals surface area contributed by atoms with Gasteiger partial charge in [0.05, 0.1) is 0 Å². The van der Waals surface area contributed by atoms with Gasteiger partial charge in [0.25, 0.3) is 0 Å². The Morgan fingerprint density at radius 1 is 1.12 bits per heavy atom. The topological polar surface area (TPSA) is 79.1 Å². The number of carbonyl (C=O) groups is 2. The fourth-order valence-electron chi connectivity index (χ4n) is 2.54. The van der Waals surface area contributed by atoms with Crippen LogP contribution in [0, 0.1) is 0 Å². The second-order valence-electron chi connectivity index (χ2n) is 5.45. The molecule has 3 aromatic rings. The van der Waals surface area contributed by atoms with Crippen LogP contribution in [0.25, 0.3) is 5.65 Å². The molecule has 0 amide bonds. The number of fused-ring (bicyclic) bond motifs is 2. The van der Waals surface area contributed by atoms with Gasteiger partial charge in [0, 0.05) is 18.0 Å². The third kappa shape index (κ3) is 3.03. The highest BCUT2D eigenvalue weighted by Gasteiger charge is 2.18. The number of esters is 1. The number of imidazole rings is 1. The summed E-state index contributed by atoms with van der Waals surface area (Å²) in [4.78, 5) is 28.5. The number of aromatic nitrogens is 2. The summed E-state index contributed by atoms with van der Waals surface area (Å²) in [7, 11) is 0. The largest absolute Gasteiger partial charge is 0.486 e. The van der Waals surface area contributed by atoms with Crippen molar-refractivity contribution in [2.75, 3.05) is 19.8 Å². The smallest absolute Gasteiger partial charge is 0.359 e. The van der Waals surface area contributed by atoms with Crippen LogP contribution in [-0.4, -0.2) is 41.0 Å². The Morgan fingerprint density at radius 2 is 1.96 bits per heavy atom. The van der Waals surface area contributed by atoms with Gasteiger partial charge in [-0.25, -0.2) is 9.78 Å². The standard InChI is InChI=1S/C18H14N2O5/c21-14(12-4-5-15-16(9-12)24-8-7-23-15)11-25-18(22)13-10-20-6-2-1-3-17(20)19-13/h1-6,9-10H,7-8,11H2. The molecule has 25 heavy (non-hydrogen) atoms. The molecule has 1 aliphatic rings. The molecule has 4 rings (SSSR count). The van der Waals surface area contributed by atoms with Crippen molar-refractivity contribution in [1.82, 2.24) is 9.38 Å². The summed E-state index contributed by atoms with van der Waals surface area (Å²) in [5.74, 6) is 0.150. The maximum Gasteiger partial charge on any atom is 0.359 e. The fraction of sp³-hybridized carbons (Fsp3) is 0.167. The summed E-state index contributed by atoms with van der Waals surface area (Å²) < 4.78 is 17.6. The first-order valence-corrected chi connectivity index (χ1v) is 7.74. The molecule has 3 heterocycles. The van der Waals surface area contributed by atoms with Crippen LogP contribution in [0.2, 0.25) is 0 Å². The minimum Gasteiger partial charge on any atom is -0.486 e. The van der Waals surface area contributed by atoms with Crippen molar-refractivity contribution in [2.45, 2.75) is 0 Å². The Labute approximate surface area is 142 Å². The molecule has 7 nitrogen and oxygen atoms in total. The van der Waals surface area contributed by atoms with Crippen molar-refractivity contribution in [3.05, 3.63) is 60.0 Å². The van der Waals surface area contributed by atoms with Crippen LogP contribution in [0.3, 0.4) is 0 Å². The molecule has 0 saturated carbocycles. The average molecular weight is 338 g/mol. The maximum absolute atomic E-state index is 12.2. The predicted molar refractivity (Wildman–Crippen MR) is 87.2 cm³/mol. The van der Waals surface area contributed by atoms with Crippen LogP contribution < -0.4 is 9.47 Å². The third-order valence-electron chi connectivity index (χ3n) is 3.77. The second kappa shape index (κ2) is 6.27. The van der Waals surface area contributed by atoms with Gasteiger partial charge >= 0.3 is 5.97 Å². The van der Waals surface area contributed by atoms with E-state index in [-0.39, 0.29) is 18.1 Å². The van der Waals surface area contributed by atoms with Crippen LogP contribution in [0.4, 0.5) is 0 Å². The van der Waals surface area contributed by atoms with Crippen LogP contribution in [0.5, 0.6) is 11.5 Å². The fourth-order valence-corrected chi connectivity index (χ4v) is 2.54. The van der Waals surface area contributed by atoms with Gasteiger partial charge < -0.3 is 18.6 Å². The molecule has 0 N–H and O–H groups in total. The lowest BCUT2D eigenvalue weighted by molar-refractivity contribution is 0.0469. The van der Waals surface area contributed by atoms with Crippen LogP contribution in [-0.2, 0) is 4.74 Å². The minimum atomic E-state index is -0.644. The number of Topliss-reactive ketones (excluding diaryl/α,β-unsaturated/α-hetero) is 1. The normalized spacial score (nSPS) is 12.8. The van der Waals surface area contributed by atoms with Crippen molar-refractivity contribution in [3.8, 4) is 11.5 Å². The summed E-state index contributed by atoms with van der Waals surface area (Å²) in [5.41, 5.74) is 1.18. The molecule has 0 unspecified atom stereocenters. The van der Waals surface area contributed by atoms with Crippen molar-refractivity contribution < 1.29 is 23.8 Å². The van der Waals surface area contributed by atoms with E-state index in [1.54, 1.807) is 41.1 Å². The highest BCUT2D eigenvalue weighted by atomic mass is 16.6. The monoisotopic (exact) mass is 338 g/mol. The number of hydrogen-bond donors (Lipinski definition) is 0. The minimum absolute atomic E-state index is 0.154. The highest BCUT2D eigenvalue weighted by molar-refractivity contribution is 5.99. The lowest BCUT2D eigenvalue weighted by atomic mass is 10.1. The molecule has 0 radical (unpaired) electrons. The number of nitrogens with zero attached hydrogens (tertiary/aromatic N) is 2. The van der Waals surface area contributed by atoms with E-state index in [4.69, 9.17) is 14.2 Å². The summed E-state index contributed by atoms with van der Waals surface area (Å²) >= 11 is 0. The van der Waals surface area contributed by atoms with Crippen LogP contribution >= 0.6 is 0 Å². The number of ketones is 1. The Bertz CT molecular complexity index is 930. The Morgan fingerprint density at radius 3 is 2.80 bits per heavy atom.